The number of carbonyl (C=O) groups excluding carboxylic acids is 1. The molecule has 1 fully saturated rings. The number of aliphatic hydroxyl groups is 1. The van der Waals surface area contributed by atoms with E-state index in [9.17, 15) is 9.90 Å². The summed E-state index contributed by atoms with van der Waals surface area (Å²) in [6.07, 6.45) is 1.62. The molecule has 0 aromatic heterocycles. The Hall–Kier alpha value is -0.830. The van der Waals surface area contributed by atoms with Crippen molar-refractivity contribution in [3.8, 4) is 0 Å². The van der Waals surface area contributed by atoms with Gasteiger partial charge in [-0.3, -0.25) is 4.79 Å². The third kappa shape index (κ3) is 2.40. The van der Waals surface area contributed by atoms with Crippen LogP contribution in [0.2, 0.25) is 0 Å². The molecule has 1 atom stereocenters. The molecule has 1 heterocycles. The highest BCUT2D eigenvalue weighted by Crippen LogP contribution is 2.38. The maximum Gasteiger partial charge on any atom is 0.246 e. The molecule has 3 heteroatoms. The molecule has 0 aromatic rings. The Morgan fingerprint density at radius 3 is 2.13 bits per heavy atom. The normalized spacial score (nSPS) is 29.1. The SMILES string of the molecule is CC(C)=CC(=O)N1CC(C)(C)[C@](C)(O)C1. The summed E-state index contributed by atoms with van der Waals surface area (Å²) in [6, 6.07) is 0. The van der Waals surface area contributed by atoms with Crippen LogP contribution in [-0.4, -0.2) is 34.6 Å². The zero-order valence-corrected chi connectivity index (χ0v) is 10.3. The number of hydrogen-bond acceptors (Lipinski definition) is 2. The highest BCUT2D eigenvalue weighted by atomic mass is 16.3. The third-order valence-electron chi connectivity index (χ3n) is 3.27. The first kappa shape index (κ1) is 12.2. The minimum absolute atomic E-state index is 0.000787. The van der Waals surface area contributed by atoms with Gasteiger partial charge in [0.1, 0.15) is 0 Å². The predicted octanol–water partition coefficient (Wildman–Crippen LogP) is 1.57. The molecule has 15 heavy (non-hydrogen) atoms. The average molecular weight is 211 g/mol. The van der Waals surface area contributed by atoms with Crippen molar-refractivity contribution in [1.82, 2.24) is 4.90 Å². The molecule has 0 spiro atoms. The van der Waals surface area contributed by atoms with Crippen LogP contribution in [0.15, 0.2) is 11.6 Å². The average Bonchev–Trinajstić information content (AvgIpc) is 2.20. The standard InChI is InChI=1S/C12H21NO2/c1-9(2)6-10(14)13-7-11(3,4)12(5,15)8-13/h6,15H,7-8H2,1-5H3/t12-/m1/s1. The Morgan fingerprint density at radius 2 is 1.80 bits per heavy atom. The second-order valence-electron chi connectivity index (χ2n) is 5.57. The molecule has 0 radical (unpaired) electrons. The lowest BCUT2D eigenvalue weighted by molar-refractivity contribution is -0.125. The van der Waals surface area contributed by atoms with E-state index >= 15 is 0 Å². The fourth-order valence-electron chi connectivity index (χ4n) is 1.78. The second-order valence-corrected chi connectivity index (χ2v) is 5.57. The van der Waals surface area contributed by atoms with Gasteiger partial charge in [-0.15, -0.1) is 0 Å². The third-order valence-corrected chi connectivity index (χ3v) is 3.27. The van der Waals surface area contributed by atoms with Crippen LogP contribution in [-0.2, 0) is 4.79 Å². The molecule has 1 rings (SSSR count). The van der Waals surface area contributed by atoms with Crippen LogP contribution < -0.4 is 0 Å². The molecule has 1 aliphatic heterocycles. The number of amides is 1. The molecule has 0 aliphatic carbocycles. The number of carbonyl (C=O) groups is 1. The lowest BCUT2D eigenvalue weighted by Crippen LogP contribution is -2.40. The first-order chi connectivity index (χ1) is 6.66. The van der Waals surface area contributed by atoms with Crippen LogP contribution in [0.25, 0.3) is 0 Å². The Labute approximate surface area is 91.8 Å². The molecule has 86 valence electrons. The fourth-order valence-corrected chi connectivity index (χ4v) is 1.78. The fraction of sp³-hybridized carbons (Fsp3) is 0.750. The molecule has 1 aliphatic rings. The van der Waals surface area contributed by atoms with Gasteiger partial charge in [0.05, 0.1) is 12.1 Å². The summed E-state index contributed by atoms with van der Waals surface area (Å²) in [5.41, 5.74) is -0.0413. The van der Waals surface area contributed by atoms with Crippen molar-refractivity contribution >= 4 is 5.91 Å². The molecule has 1 N–H and O–H groups in total. The predicted molar refractivity (Wildman–Crippen MR) is 60.4 cm³/mol. The molecule has 3 nitrogen and oxygen atoms in total. The lowest BCUT2D eigenvalue weighted by Gasteiger charge is -2.30. The summed E-state index contributed by atoms with van der Waals surface area (Å²) >= 11 is 0. The number of nitrogens with zero attached hydrogens (tertiary/aromatic N) is 1. The van der Waals surface area contributed by atoms with Gasteiger partial charge in [-0.25, -0.2) is 0 Å². The van der Waals surface area contributed by atoms with E-state index in [-0.39, 0.29) is 11.3 Å². The van der Waals surface area contributed by atoms with Crippen molar-refractivity contribution in [2.24, 2.45) is 5.41 Å². The first-order valence-corrected chi connectivity index (χ1v) is 5.32. The van der Waals surface area contributed by atoms with Crippen molar-refractivity contribution < 1.29 is 9.90 Å². The zero-order chi connectivity index (χ0) is 11.9. The van der Waals surface area contributed by atoms with E-state index in [4.69, 9.17) is 0 Å². The van der Waals surface area contributed by atoms with Crippen molar-refractivity contribution in [1.29, 1.82) is 0 Å². The van der Waals surface area contributed by atoms with Gasteiger partial charge < -0.3 is 10.0 Å². The Kier molecular flexibility index (Phi) is 2.97. The Morgan fingerprint density at radius 1 is 1.27 bits per heavy atom. The van der Waals surface area contributed by atoms with Crippen LogP contribution in [0.1, 0.15) is 34.6 Å². The molecule has 0 aromatic carbocycles. The number of likely N-dealkylation sites (tertiary alicyclic amines) is 1. The maximum absolute atomic E-state index is 11.8. The molecule has 1 saturated heterocycles. The highest BCUT2D eigenvalue weighted by Gasteiger charge is 2.48. The van der Waals surface area contributed by atoms with Crippen molar-refractivity contribution in [2.45, 2.75) is 40.2 Å². The van der Waals surface area contributed by atoms with E-state index < -0.39 is 5.60 Å². The molecule has 0 unspecified atom stereocenters. The summed E-state index contributed by atoms with van der Waals surface area (Å²) in [5.74, 6) is 0.000787. The maximum atomic E-state index is 11.8. The van der Waals surface area contributed by atoms with Gasteiger partial charge in [-0.2, -0.15) is 0 Å². The summed E-state index contributed by atoms with van der Waals surface area (Å²) in [7, 11) is 0. The monoisotopic (exact) mass is 211 g/mol. The highest BCUT2D eigenvalue weighted by molar-refractivity contribution is 5.88. The number of rotatable bonds is 1. The van der Waals surface area contributed by atoms with Crippen molar-refractivity contribution in [3.63, 3.8) is 0 Å². The zero-order valence-electron chi connectivity index (χ0n) is 10.3. The number of hydrogen-bond donors (Lipinski definition) is 1. The summed E-state index contributed by atoms with van der Waals surface area (Å²) in [4.78, 5) is 13.5. The van der Waals surface area contributed by atoms with Gasteiger partial charge in [-0.05, 0) is 20.8 Å². The van der Waals surface area contributed by atoms with E-state index in [1.165, 1.54) is 0 Å². The molecular formula is C12H21NO2. The van der Waals surface area contributed by atoms with E-state index in [0.29, 0.717) is 13.1 Å². The summed E-state index contributed by atoms with van der Waals surface area (Å²) < 4.78 is 0. The van der Waals surface area contributed by atoms with E-state index in [1.54, 1.807) is 17.9 Å². The number of β-amino-alcohol motifs (C(OH)–C–C–N with tert-alkyl or cyclic N) is 1. The van der Waals surface area contributed by atoms with Crippen LogP contribution in [0.4, 0.5) is 0 Å². The number of allylic oxidation sites excluding steroid dienone is 1. The van der Waals surface area contributed by atoms with Crippen LogP contribution in [0.3, 0.4) is 0 Å². The van der Waals surface area contributed by atoms with Gasteiger partial charge in [0.15, 0.2) is 0 Å². The van der Waals surface area contributed by atoms with E-state index in [0.717, 1.165) is 5.57 Å². The summed E-state index contributed by atoms with van der Waals surface area (Å²) in [5, 5.41) is 10.2. The van der Waals surface area contributed by atoms with E-state index in [1.807, 2.05) is 27.7 Å². The smallest absolute Gasteiger partial charge is 0.246 e. The van der Waals surface area contributed by atoms with Crippen LogP contribution in [0, 0.1) is 5.41 Å². The van der Waals surface area contributed by atoms with Gasteiger partial charge in [0.25, 0.3) is 0 Å². The second kappa shape index (κ2) is 3.63. The van der Waals surface area contributed by atoms with E-state index in [2.05, 4.69) is 0 Å². The quantitative estimate of drug-likeness (QED) is 0.669. The largest absolute Gasteiger partial charge is 0.388 e. The van der Waals surface area contributed by atoms with Crippen LogP contribution >= 0.6 is 0 Å². The lowest BCUT2D eigenvalue weighted by atomic mass is 9.79. The molecule has 0 saturated carbocycles. The molecular weight excluding hydrogens is 190 g/mol. The van der Waals surface area contributed by atoms with Crippen LogP contribution in [0.5, 0.6) is 0 Å². The topological polar surface area (TPSA) is 40.5 Å². The van der Waals surface area contributed by atoms with Crippen molar-refractivity contribution in [2.75, 3.05) is 13.1 Å². The van der Waals surface area contributed by atoms with Gasteiger partial charge in [-0.1, -0.05) is 19.4 Å². The molecule has 0 bridgehead atoms. The minimum Gasteiger partial charge on any atom is -0.388 e. The summed E-state index contributed by atoms with van der Waals surface area (Å²) in [6.45, 7) is 10.6. The van der Waals surface area contributed by atoms with Gasteiger partial charge in [0, 0.05) is 18.0 Å². The minimum atomic E-state index is -0.794. The van der Waals surface area contributed by atoms with Crippen molar-refractivity contribution in [3.05, 3.63) is 11.6 Å². The first-order valence-electron chi connectivity index (χ1n) is 5.32. The molecule has 1 amide bonds. The Bertz CT molecular complexity index is 283. The van der Waals surface area contributed by atoms with Gasteiger partial charge in [0.2, 0.25) is 5.91 Å². The Balaban J connectivity index is 2.80. The van der Waals surface area contributed by atoms with Gasteiger partial charge >= 0.3 is 0 Å².